The van der Waals surface area contributed by atoms with Gasteiger partial charge in [-0.3, -0.25) is 4.79 Å². The Kier molecular flexibility index (Phi) is 4.89. The Bertz CT molecular complexity index is 590. The summed E-state index contributed by atoms with van der Waals surface area (Å²) in [5, 5.41) is 8.45. The topological polar surface area (TPSA) is 74.7 Å². The average molecular weight is 310 g/mol. The van der Waals surface area contributed by atoms with Crippen LogP contribution in [0.3, 0.4) is 0 Å². The summed E-state index contributed by atoms with van der Waals surface area (Å²) < 4.78 is 38.1. The third-order valence-electron chi connectivity index (χ3n) is 2.55. The van der Waals surface area contributed by atoms with Gasteiger partial charge >= 0.3 is 5.97 Å². The van der Waals surface area contributed by atoms with Crippen LogP contribution in [0.5, 0.6) is 0 Å². The molecule has 1 rings (SSSR count). The lowest BCUT2D eigenvalue weighted by Crippen LogP contribution is -2.33. The standard InChI is InChI=1S/C11H13ClFNO4S/c1-7(11(15)16)6-14(2)19(17,18)8-3-4-10(13)9(12)5-8/h3-5,7H,6H2,1-2H3,(H,15,16). The summed E-state index contributed by atoms with van der Waals surface area (Å²) in [7, 11) is -2.63. The van der Waals surface area contributed by atoms with Crippen molar-refractivity contribution in [2.24, 2.45) is 5.92 Å². The minimum absolute atomic E-state index is 0.181. The Hall–Kier alpha value is -1.18. The number of rotatable bonds is 5. The third-order valence-corrected chi connectivity index (χ3v) is 4.66. The highest BCUT2D eigenvalue weighted by molar-refractivity contribution is 7.89. The van der Waals surface area contributed by atoms with Crippen LogP contribution in [-0.2, 0) is 14.8 Å². The van der Waals surface area contributed by atoms with Gasteiger partial charge in [-0.05, 0) is 18.2 Å². The molecule has 0 aliphatic rings. The molecule has 1 aromatic carbocycles. The van der Waals surface area contributed by atoms with Crippen LogP contribution >= 0.6 is 11.6 Å². The van der Waals surface area contributed by atoms with Crippen molar-refractivity contribution in [3.05, 3.63) is 29.0 Å². The fraction of sp³-hybridized carbons (Fsp3) is 0.364. The van der Waals surface area contributed by atoms with E-state index in [1.54, 1.807) is 0 Å². The molecular formula is C11H13ClFNO4S. The second-order valence-corrected chi connectivity index (χ2v) is 6.55. The molecule has 0 fully saturated rings. The van der Waals surface area contributed by atoms with Crippen molar-refractivity contribution in [3.8, 4) is 0 Å². The highest BCUT2D eigenvalue weighted by Crippen LogP contribution is 2.22. The first-order valence-electron chi connectivity index (χ1n) is 5.30. The first kappa shape index (κ1) is 15.9. The lowest BCUT2D eigenvalue weighted by molar-refractivity contribution is -0.141. The second-order valence-electron chi connectivity index (χ2n) is 4.10. The van der Waals surface area contributed by atoms with Gasteiger partial charge in [0.05, 0.1) is 15.8 Å². The van der Waals surface area contributed by atoms with Crippen molar-refractivity contribution >= 4 is 27.6 Å². The fourth-order valence-electron chi connectivity index (χ4n) is 1.38. The number of aliphatic carboxylic acids is 1. The van der Waals surface area contributed by atoms with Crippen molar-refractivity contribution in [2.75, 3.05) is 13.6 Å². The largest absolute Gasteiger partial charge is 0.481 e. The first-order chi connectivity index (χ1) is 8.66. The maximum absolute atomic E-state index is 13.0. The van der Waals surface area contributed by atoms with E-state index >= 15 is 0 Å². The monoisotopic (exact) mass is 309 g/mol. The molecule has 0 heterocycles. The van der Waals surface area contributed by atoms with Gasteiger partial charge in [0.2, 0.25) is 10.0 Å². The molecule has 1 N–H and O–H groups in total. The molecule has 8 heteroatoms. The summed E-state index contributed by atoms with van der Waals surface area (Å²) in [5.41, 5.74) is 0. The zero-order chi connectivity index (χ0) is 14.8. The maximum Gasteiger partial charge on any atom is 0.307 e. The van der Waals surface area contributed by atoms with Gasteiger partial charge in [-0.1, -0.05) is 18.5 Å². The molecule has 0 amide bonds. The van der Waals surface area contributed by atoms with Gasteiger partial charge in [-0.2, -0.15) is 0 Å². The summed E-state index contributed by atoms with van der Waals surface area (Å²) in [6.45, 7) is 1.21. The number of carboxylic acids is 1. The average Bonchev–Trinajstić information content (AvgIpc) is 2.32. The van der Waals surface area contributed by atoms with Crippen molar-refractivity contribution < 1.29 is 22.7 Å². The quantitative estimate of drug-likeness (QED) is 0.900. The molecule has 0 aliphatic heterocycles. The number of halogens is 2. The minimum Gasteiger partial charge on any atom is -0.481 e. The van der Waals surface area contributed by atoms with Crippen LogP contribution in [0.4, 0.5) is 4.39 Å². The number of nitrogens with zero attached hydrogens (tertiary/aromatic N) is 1. The third kappa shape index (κ3) is 3.65. The SMILES string of the molecule is CC(CN(C)S(=O)(=O)c1ccc(F)c(Cl)c1)C(=O)O. The molecule has 1 unspecified atom stereocenters. The number of benzene rings is 1. The van der Waals surface area contributed by atoms with Crippen molar-refractivity contribution in [3.63, 3.8) is 0 Å². The molecule has 0 spiro atoms. The Morgan fingerprint density at radius 2 is 2.11 bits per heavy atom. The number of sulfonamides is 1. The van der Waals surface area contributed by atoms with E-state index in [-0.39, 0.29) is 16.5 Å². The van der Waals surface area contributed by atoms with E-state index in [1.807, 2.05) is 0 Å². The molecule has 0 aliphatic carbocycles. The molecule has 0 radical (unpaired) electrons. The van der Waals surface area contributed by atoms with Crippen LogP contribution in [-0.4, -0.2) is 37.4 Å². The van der Waals surface area contributed by atoms with Crippen molar-refractivity contribution in [1.29, 1.82) is 0 Å². The Morgan fingerprint density at radius 3 is 2.58 bits per heavy atom. The zero-order valence-corrected chi connectivity index (χ0v) is 11.9. The summed E-state index contributed by atoms with van der Waals surface area (Å²) in [6.07, 6.45) is 0. The minimum atomic E-state index is -3.89. The Morgan fingerprint density at radius 1 is 1.53 bits per heavy atom. The summed E-state index contributed by atoms with van der Waals surface area (Å²) >= 11 is 5.53. The molecule has 19 heavy (non-hydrogen) atoms. The van der Waals surface area contributed by atoms with Crippen LogP contribution in [0.25, 0.3) is 0 Å². The van der Waals surface area contributed by atoms with E-state index in [4.69, 9.17) is 16.7 Å². The first-order valence-corrected chi connectivity index (χ1v) is 7.12. The van der Waals surface area contributed by atoms with Gasteiger partial charge in [0.15, 0.2) is 0 Å². The predicted molar refractivity (Wildman–Crippen MR) is 68.0 cm³/mol. The summed E-state index contributed by atoms with van der Waals surface area (Å²) in [5.74, 6) is -2.67. The molecular weight excluding hydrogens is 297 g/mol. The lowest BCUT2D eigenvalue weighted by atomic mass is 10.2. The van der Waals surface area contributed by atoms with Gasteiger partial charge in [0.1, 0.15) is 5.82 Å². The van der Waals surface area contributed by atoms with Crippen LogP contribution < -0.4 is 0 Å². The van der Waals surface area contributed by atoms with Crippen LogP contribution in [0.15, 0.2) is 23.1 Å². The smallest absolute Gasteiger partial charge is 0.307 e. The molecule has 1 aromatic rings. The molecule has 1 atom stereocenters. The van der Waals surface area contributed by atoms with E-state index in [2.05, 4.69) is 0 Å². The number of hydrogen-bond donors (Lipinski definition) is 1. The molecule has 0 saturated heterocycles. The Balaban J connectivity index is 3.03. The summed E-state index contributed by atoms with van der Waals surface area (Å²) in [4.78, 5) is 10.5. The van der Waals surface area contributed by atoms with E-state index in [1.165, 1.54) is 14.0 Å². The molecule has 106 valence electrons. The second kappa shape index (κ2) is 5.85. The maximum atomic E-state index is 13.0. The molecule has 0 aromatic heterocycles. The number of carboxylic acid groups (broad SMARTS) is 1. The van der Waals surface area contributed by atoms with E-state index in [0.29, 0.717) is 0 Å². The van der Waals surface area contributed by atoms with Crippen LogP contribution in [0.2, 0.25) is 5.02 Å². The fourth-order valence-corrected chi connectivity index (χ4v) is 2.91. The van der Waals surface area contributed by atoms with Crippen molar-refractivity contribution in [2.45, 2.75) is 11.8 Å². The van der Waals surface area contributed by atoms with Crippen molar-refractivity contribution in [1.82, 2.24) is 4.31 Å². The zero-order valence-electron chi connectivity index (χ0n) is 10.3. The van der Waals surface area contributed by atoms with Crippen LogP contribution in [0.1, 0.15) is 6.92 Å². The highest BCUT2D eigenvalue weighted by Gasteiger charge is 2.25. The highest BCUT2D eigenvalue weighted by atomic mass is 35.5. The predicted octanol–water partition coefficient (Wildman–Crippen LogP) is 1.82. The van der Waals surface area contributed by atoms with Gasteiger partial charge < -0.3 is 5.11 Å². The van der Waals surface area contributed by atoms with E-state index in [0.717, 1.165) is 22.5 Å². The molecule has 5 nitrogen and oxygen atoms in total. The number of carbonyl (C=O) groups is 1. The van der Waals surface area contributed by atoms with Gasteiger partial charge in [0.25, 0.3) is 0 Å². The molecule has 0 saturated carbocycles. The molecule has 0 bridgehead atoms. The number of hydrogen-bond acceptors (Lipinski definition) is 3. The van der Waals surface area contributed by atoms with Crippen LogP contribution in [0, 0.1) is 11.7 Å². The van der Waals surface area contributed by atoms with E-state index < -0.39 is 27.7 Å². The van der Waals surface area contributed by atoms with Gasteiger partial charge in [0, 0.05) is 13.6 Å². The van der Waals surface area contributed by atoms with Gasteiger partial charge in [-0.15, -0.1) is 0 Å². The lowest BCUT2D eigenvalue weighted by Gasteiger charge is -2.19. The van der Waals surface area contributed by atoms with Gasteiger partial charge in [-0.25, -0.2) is 17.1 Å². The summed E-state index contributed by atoms with van der Waals surface area (Å²) in [6, 6.07) is 3.02. The van der Waals surface area contributed by atoms with E-state index in [9.17, 15) is 17.6 Å². The normalized spacial score (nSPS) is 13.5. The Labute approximate surface area is 115 Å².